The summed E-state index contributed by atoms with van der Waals surface area (Å²) in [5, 5.41) is 7.12. The zero-order chi connectivity index (χ0) is 14.9. The minimum absolute atomic E-state index is 0.244. The molecule has 6 heteroatoms. The topological polar surface area (TPSA) is 54.2 Å². The Labute approximate surface area is 128 Å². The fraction of sp³-hybridized carbons (Fsp3) is 0.500. The number of hydrogen-bond acceptors (Lipinski definition) is 5. The second-order valence-electron chi connectivity index (χ2n) is 6.00. The van der Waals surface area contributed by atoms with Crippen LogP contribution in [0.25, 0.3) is 0 Å². The normalized spacial score (nSPS) is 18.0. The van der Waals surface area contributed by atoms with Crippen molar-refractivity contribution >= 4 is 11.4 Å². The van der Waals surface area contributed by atoms with Gasteiger partial charge in [0.05, 0.1) is 17.9 Å². The summed E-state index contributed by atoms with van der Waals surface area (Å²) in [5.41, 5.74) is 1.44. The Morgan fingerprint density at radius 2 is 2.09 bits per heavy atom. The molecule has 1 aliphatic heterocycles. The Kier molecular flexibility index (Phi) is 3.44. The molecule has 0 spiro atoms. The van der Waals surface area contributed by atoms with Crippen LogP contribution in [0.4, 0.5) is 15.8 Å². The molecule has 22 heavy (non-hydrogen) atoms. The number of benzene rings is 1. The lowest BCUT2D eigenvalue weighted by Crippen LogP contribution is -2.20. The number of hydrogen-bond donors (Lipinski definition) is 1. The highest BCUT2D eigenvalue weighted by atomic mass is 19.1. The largest absolute Gasteiger partial charge is 0.372 e. The van der Waals surface area contributed by atoms with Crippen molar-refractivity contribution in [3.05, 3.63) is 35.7 Å². The predicted octanol–water partition coefficient (Wildman–Crippen LogP) is 3.30. The van der Waals surface area contributed by atoms with Gasteiger partial charge in [0.15, 0.2) is 5.82 Å². The minimum Gasteiger partial charge on any atom is -0.372 e. The summed E-state index contributed by atoms with van der Waals surface area (Å²) >= 11 is 0. The number of para-hydroxylation sites is 1. The number of anilines is 2. The van der Waals surface area contributed by atoms with E-state index in [0.717, 1.165) is 50.3 Å². The molecule has 1 aliphatic carbocycles. The first kappa shape index (κ1) is 13.5. The molecule has 1 saturated carbocycles. The lowest BCUT2D eigenvalue weighted by Gasteiger charge is -2.22. The fourth-order valence-corrected chi connectivity index (χ4v) is 2.92. The van der Waals surface area contributed by atoms with Crippen molar-refractivity contribution in [2.75, 3.05) is 23.3 Å². The van der Waals surface area contributed by atoms with E-state index in [9.17, 15) is 4.39 Å². The van der Waals surface area contributed by atoms with E-state index >= 15 is 0 Å². The van der Waals surface area contributed by atoms with Crippen LogP contribution in [-0.2, 0) is 6.54 Å². The van der Waals surface area contributed by atoms with Crippen LogP contribution in [0.2, 0.25) is 0 Å². The SMILES string of the molecule is Fc1cccc(N2CCCC2)c1NCc1nc(C2CC2)no1. The summed E-state index contributed by atoms with van der Waals surface area (Å²) in [6.45, 7) is 2.30. The summed E-state index contributed by atoms with van der Waals surface area (Å²) in [6.07, 6.45) is 4.59. The van der Waals surface area contributed by atoms with E-state index in [1.807, 2.05) is 6.07 Å². The molecule has 0 atom stereocenters. The number of nitrogens with one attached hydrogen (secondary N) is 1. The van der Waals surface area contributed by atoms with Crippen molar-refractivity contribution in [1.29, 1.82) is 0 Å². The van der Waals surface area contributed by atoms with Crippen molar-refractivity contribution in [2.45, 2.75) is 38.1 Å². The number of halogens is 1. The van der Waals surface area contributed by atoms with Crippen LogP contribution in [0.1, 0.15) is 43.3 Å². The first-order valence-electron chi connectivity index (χ1n) is 7.91. The van der Waals surface area contributed by atoms with Gasteiger partial charge in [0.1, 0.15) is 5.82 Å². The number of nitrogens with zero attached hydrogens (tertiary/aromatic N) is 3. The van der Waals surface area contributed by atoms with Gasteiger partial charge in [-0.25, -0.2) is 4.39 Å². The van der Waals surface area contributed by atoms with Gasteiger partial charge < -0.3 is 14.7 Å². The molecule has 2 aromatic rings. The van der Waals surface area contributed by atoms with Crippen molar-refractivity contribution in [3.8, 4) is 0 Å². The standard InChI is InChI=1S/C16H19FN4O/c17-12-4-3-5-13(21-8-1-2-9-21)15(12)18-10-14-19-16(20-22-14)11-6-7-11/h3-5,11,18H,1-2,6-10H2. The molecule has 5 nitrogen and oxygen atoms in total. The Morgan fingerprint density at radius 1 is 1.27 bits per heavy atom. The Balaban J connectivity index is 1.51. The van der Waals surface area contributed by atoms with Gasteiger partial charge in [-0.3, -0.25) is 0 Å². The van der Waals surface area contributed by atoms with Crippen LogP contribution in [0, 0.1) is 5.82 Å². The second-order valence-corrected chi connectivity index (χ2v) is 6.00. The third kappa shape index (κ3) is 2.65. The maximum absolute atomic E-state index is 14.2. The molecular formula is C16H19FN4O. The van der Waals surface area contributed by atoms with Gasteiger partial charge in [-0.15, -0.1) is 0 Å². The first-order chi connectivity index (χ1) is 10.8. The molecule has 1 saturated heterocycles. The van der Waals surface area contributed by atoms with E-state index in [1.165, 1.54) is 6.07 Å². The molecule has 0 radical (unpaired) electrons. The van der Waals surface area contributed by atoms with E-state index in [1.54, 1.807) is 6.07 Å². The molecule has 2 fully saturated rings. The zero-order valence-electron chi connectivity index (χ0n) is 12.4. The first-order valence-corrected chi connectivity index (χ1v) is 7.91. The molecule has 1 aromatic carbocycles. The van der Waals surface area contributed by atoms with Crippen LogP contribution in [0.3, 0.4) is 0 Å². The molecule has 1 aromatic heterocycles. The summed E-state index contributed by atoms with van der Waals surface area (Å²) in [5.74, 6) is 1.51. The fourth-order valence-electron chi connectivity index (χ4n) is 2.92. The summed E-state index contributed by atoms with van der Waals surface area (Å²) in [4.78, 5) is 6.58. The average molecular weight is 302 g/mol. The lowest BCUT2D eigenvalue weighted by molar-refractivity contribution is 0.377. The molecular weight excluding hydrogens is 283 g/mol. The van der Waals surface area contributed by atoms with E-state index in [0.29, 0.717) is 24.0 Å². The van der Waals surface area contributed by atoms with Crippen molar-refractivity contribution < 1.29 is 8.91 Å². The number of rotatable bonds is 5. The zero-order valence-corrected chi connectivity index (χ0v) is 12.4. The van der Waals surface area contributed by atoms with E-state index in [4.69, 9.17) is 4.52 Å². The molecule has 2 aliphatic rings. The molecule has 2 heterocycles. The predicted molar refractivity (Wildman–Crippen MR) is 81.4 cm³/mol. The summed E-state index contributed by atoms with van der Waals surface area (Å²) in [6, 6.07) is 5.19. The number of aromatic nitrogens is 2. The molecule has 1 N–H and O–H groups in total. The van der Waals surface area contributed by atoms with E-state index in [-0.39, 0.29) is 5.82 Å². The Morgan fingerprint density at radius 3 is 2.86 bits per heavy atom. The maximum atomic E-state index is 14.2. The van der Waals surface area contributed by atoms with Gasteiger partial charge in [-0.2, -0.15) is 4.98 Å². The van der Waals surface area contributed by atoms with Crippen LogP contribution in [0.15, 0.2) is 22.7 Å². The summed E-state index contributed by atoms with van der Waals surface area (Å²) < 4.78 is 19.4. The van der Waals surface area contributed by atoms with Gasteiger partial charge in [-0.05, 0) is 37.8 Å². The third-order valence-corrected chi connectivity index (χ3v) is 4.28. The van der Waals surface area contributed by atoms with Crippen molar-refractivity contribution in [2.24, 2.45) is 0 Å². The second kappa shape index (κ2) is 5.59. The van der Waals surface area contributed by atoms with Gasteiger partial charge in [0, 0.05) is 19.0 Å². The van der Waals surface area contributed by atoms with Gasteiger partial charge in [0.25, 0.3) is 0 Å². The summed E-state index contributed by atoms with van der Waals surface area (Å²) in [7, 11) is 0. The Bertz CT molecular complexity index is 662. The van der Waals surface area contributed by atoms with Crippen LogP contribution >= 0.6 is 0 Å². The van der Waals surface area contributed by atoms with E-state index < -0.39 is 0 Å². The quantitative estimate of drug-likeness (QED) is 0.918. The highest BCUT2D eigenvalue weighted by Gasteiger charge is 2.28. The molecule has 116 valence electrons. The highest BCUT2D eigenvalue weighted by molar-refractivity contribution is 5.71. The van der Waals surface area contributed by atoms with Crippen LogP contribution < -0.4 is 10.2 Å². The molecule has 0 unspecified atom stereocenters. The minimum atomic E-state index is -0.244. The maximum Gasteiger partial charge on any atom is 0.245 e. The lowest BCUT2D eigenvalue weighted by atomic mass is 10.2. The molecule has 4 rings (SSSR count). The smallest absolute Gasteiger partial charge is 0.245 e. The van der Waals surface area contributed by atoms with Crippen LogP contribution in [0.5, 0.6) is 0 Å². The Hall–Kier alpha value is -2.11. The van der Waals surface area contributed by atoms with Gasteiger partial charge >= 0.3 is 0 Å². The molecule has 0 bridgehead atoms. The van der Waals surface area contributed by atoms with E-state index in [2.05, 4.69) is 20.4 Å². The van der Waals surface area contributed by atoms with Crippen molar-refractivity contribution in [3.63, 3.8) is 0 Å². The van der Waals surface area contributed by atoms with Crippen molar-refractivity contribution in [1.82, 2.24) is 10.1 Å². The highest BCUT2D eigenvalue weighted by Crippen LogP contribution is 2.38. The average Bonchev–Trinajstić information content (AvgIpc) is 3.04. The van der Waals surface area contributed by atoms with Crippen LogP contribution in [-0.4, -0.2) is 23.2 Å². The monoisotopic (exact) mass is 302 g/mol. The van der Waals surface area contributed by atoms with Gasteiger partial charge in [-0.1, -0.05) is 11.2 Å². The molecule has 0 amide bonds. The van der Waals surface area contributed by atoms with Gasteiger partial charge in [0.2, 0.25) is 5.89 Å². The third-order valence-electron chi connectivity index (χ3n) is 4.28.